The van der Waals surface area contributed by atoms with Gasteiger partial charge in [-0.3, -0.25) is 0 Å². The van der Waals surface area contributed by atoms with Crippen molar-refractivity contribution in [2.24, 2.45) is 10.7 Å². The van der Waals surface area contributed by atoms with Crippen molar-refractivity contribution in [2.45, 2.75) is 58.1 Å². The van der Waals surface area contributed by atoms with Crippen LogP contribution in [-0.2, 0) is 6.54 Å². The number of unbranched alkanes of at least 4 members (excludes halogenated alkanes) is 3. The molecule has 1 aromatic carbocycles. The van der Waals surface area contributed by atoms with Crippen LogP contribution in [0.1, 0.15) is 51.0 Å². The molecule has 0 saturated carbocycles. The van der Waals surface area contributed by atoms with Crippen molar-refractivity contribution in [2.75, 3.05) is 24.5 Å². The van der Waals surface area contributed by atoms with E-state index in [9.17, 15) is 9.50 Å². The third-order valence-corrected chi connectivity index (χ3v) is 4.59. The maximum absolute atomic E-state index is 14.4. The van der Waals surface area contributed by atoms with Crippen LogP contribution in [-0.4, -0.2) is 36.8 Å². The fourth-order valence-corrected chi connectivity index (χ4v) is 3.01. The van der Waals surface area contributed by atoms with E-state index in [0.717, 1.165) is 18.5 Å². The molecule has 1 heterocycles. The molecule has 148 valence electrons. The summed E-state index contributed by atoms with van der Waals surface area (Å²) in [6.07, 6.45) is 5.83. The van der Waals surface area contributed by atoms with Gasteiger partial charge in [-0.05, 0) is 37.0 Å². The molecule has 1 aliphatic rings. The smallest absolute Gasteiger partial charge is 0.188 e. The predicted molar refractivity (Wildman–Crippen MR) is 117 cm³/mol. The van der Waals surface area contributed by atoms with Gasteiger partial charge in [0, 0.05) is 19.6 Å². The van der Waals surface area contributed by atoms with E-state index in [-0.39, 0.29) is 35.9 Å². The zero-order chi connectivity index (χ0) is 18.1. The Balaban J connectivity index is 0.00000338. The number of benzene rings is 1. The Morgan fingerprint density at radius 1 is 1.31 bits per heavy atom. The number of nitrogens with two attached hydrogens (primary N) is 1. The minimum Gasteiger partial charge on any atom is -0.393 e. The first-order valence-electron chi connectivity index (χ1n) is 9.35. The zero-order valence-corrected chi connectivity index (χ0v) is 17.9. The van der Waals surface area contributed by atoms with Gasteiger partial charge < -0.3 is 21.1 Å². The number of piperidine rings is 1. The third-order valence-electron chi connectivity index (χ3n) is 4.59. The highest BCUT2D eigenvalue weighted by Crippen LogP contribution is 2.24. The Labute approximate surface area is 173 Å². The number of guanidine groups is 1. The van der Waals surface area contributed by atoms with Crippen LogP contribution in [0.3, 0.4) is 0 Å². The standard InChI is InChI=1S/C19H31FN4O.HI/c1-2-3-4-5-10-22-19(21)23-14-15-6-7-18(17(20)13-15)24-11-8-16(25)9-12-24;/h6-7,13,16,25H,2-5,8-12,14H2,1H3,(H3,21,22,23);1H. The molecule has 0 atom stereocenters. The molecule has 1 saturated heterocycles. The number of aliphatic imine (C=N–C) groups is 1. The lowest BCUT2D eigenvalue weighted by Crippen LogP contribution is -2.36. The Kier molecular flexibility index (Phi) is 10.9. The number of nitrogens with zero attached hydrogens (tertiary/aromatic N) is 2. The van der Waals surface area contributed by atoms with Crippen molar-refractivity contribution in [1.29, 1.82) is 0 Å². The molecule has 7 heteroatoms. The largest absolute Gasteiger partial charge is 0.393 e. The minimum atomic E-state index is -0.259. The molecular formula is C19H32FIN4O. The normalized spacial score (nSPS) is 15.7. The molecule has 1 aliphatic heterocycles. The lowest BCUT2D eigenvalue weighted by Gasteiger charge is -2.31. The predicted octanol–water partition coefficient (Wildman–Crippen LogP) is 3.39. The van der Waals surface area contributed by atoms with Gasteiger partial charge in [0.2, 0.25) is 0 Å². The van der Waals surface area contributed by atoms with Crippen LogP contribution in [0.5, 0.6) is 0 Å². The molecule has 26 heavy (non-hydrogen) atoms. The molecule has 0 spiro atoms. The van der Waals surface area contributed by atoms with Gasteiger partial charge in [-0.2, -0.15) is 0 Å². The second-order valence-corrected chi connectivity index (χ2v) is 6.69. The first kappa shape index (κ1) is 23.0. The van der Waals surface area contributed by atoms with Crippen LogP contribution in [0, 0.1) is 5.82 Å². The monoisotopic (exact) mass is 478 g/mol. The van der Waals surface area contributed by atoms with Crippen molar-refractivity contribution in [3.8, 4) is 0 Å². The number of hydrogen-bond acceptors (Lipinski definition) is 3. The highest BCUT2D eigenvalue weighted by Gasteiger charge is 2.19. The molecule has 1 fully saturated rings. The summed E-state index contributed by atoms with van der Waals surface area (Å²) in [7, 11) is 0. The molecule has 0 unspecified atom stereocenters. The maximum Gasteiger partial charge on any atom is 0.188 e. The first-order valence-corrected chi connectivity index (χ1v) is 9.35. The zero-order valence-electron chi connectivity index (χ0n) is 15.6. The Morgan fingerprint density at radius 3 is 2.69 bits per heavy atom. The highest BCUT2D eigenvalue weighted by molar-refractivity contribution is 14.0. The number of nitrogens with one attached hydrogen (secondary N) is 1. The van der Waals surface area contributed by atoms with Crippen LogP contribution < -0.4 is 16.0 Å². The second-order valence-electron chi connectivity index (χ2n) is 6.69. The number of aliphatic hydroxyl groups excluding tert-OH is 1. The van der Waals surface area contributed by atoms with Gasteiger partial charge in [-0.1, -0.05) is 32.3 Å². The number of aliphatic hydroxyl groups is 1. The van der Waals surface area contributed by atoms with E-state index in [0.29, 0.717) is 44.1 Å². The summed E-state index contributed by atoms with van der Waals surface area (Å²) in [4.78, 5) is 6.26. The molecular weight excluding hydrogens is 446 g/mol. The van der Waals surface area contributed by atoms with Gasteiger partial charge in [0.25, 0.3) is 0 Å². The van der Waals surface area contributed by atoms with E-state index in [1.807, 2.05) is 11.0 Å². The molecule has 0 aliphatic carbocycles. The quantitative estimate of drug-likeness (QED) is 0.232. The Bertz CT molecular complexity index is 562. The second kappa shape index (κ2) is 12.3. The fourth-order valence-electron chi connectivity index (χ4n) is 3.01. The number of rotatable bonds is 8. The summed E-state index contributed by atoms with van der Waals surface area (Å²) >= 11 is 0. The summed E-state index contributed by atoms with van der Waals surface area (Å²) in [5.41, 5.74) is 7.25. The molecule has 2 rings (SSSR count). The van der Waals surface area contributed by atoms with E-state index in [1.54, 1.807) is 6.07 Å². The van der Waals surface area contributed by atoms with Gasteiger partial charge in [0.1, 0.15) is 5.82 Å². The summed E-state index contributed by atoms with van der Waals surface area (Å²) in [5, 5.41) is 12.7. The first-order chi connectivity index (χ1) is 12.1. The SMILES string of the molecule is CCCCCCNC(N)=NCc1ccc(N2CCC(O)CC2)c(F)c1.I. The summed E-state index contributed by atoms with van der Waals surface area (Å²) in [6, 6.07) is 5.21. The van der Waals surface area contributed by atoms with E-state index in [2.05, 4.69) is 17.2 Å². The summed E-state index contributed by atoms with van der Waals surface area (Å²) in [6.45, 7) is 4.74. The van der Waals surface area contributed by atoms with Crippen molar-refractivity contribution in [3.63, 3.8) is 0 Å². The van der Waals surface area contributed by atoms with Crippen LogP contribution in [0.2, 0.25) is 0 Å². The third kappa shape index (κ3) is 7.65. The average Bonchev–Trinajstić information content (AvgIpc) is 2.61. The highest BCUT2D eigenvalue weighted by atomic mass is 127. The lowest BCUT2D eigenvalue weighted by molar-refractivity contribution is 0.145. The lowest BCUT2D eigenvalue weighted by atomic mass is 10.1. The summed E-state index contributed by atoms with van der Waals surface area (Å²) in [5.74, 6) is 0.168. The van der Waals surface area contributed by atoms with Crippen molar-refractivity contribution < 1.29 is 9.50 Å². The Morgan fingerprint density at radius 2 is 2.04 bits per heavy atom. The topological polar surface area (TPSA) is 73.9 Å². The van der Waals surface area contributed by atoms with E-state index in [4.69, 9.17) is 5.73 Å². The number of anilines is 1. The average molecular weight is 478 g/mol. The van der Waals surface area contributed by atoms with Crippen LogP contribution in [0.4, 0.5) is 10.1 Å². The molecule has 4 N–H and O–H groups in total. The van der Waals surface area contributed by atoms with Gasteiger partial charge in [0.15, 0.2) is 5.96 Å². The molecule has 5 nitrogen and oxygen atoms in total. The van der Waals surface area contributed by atoms with Gasteiger partial charge >= 0.3 is 0 Å². The van der Waals surface area contributed by atoms with E-state index in [1.165, 1.54) is 25.3 Å². The minimum absolute atomic E-state index is 0. The Hall–Kier alpha value is -1.09. The van der Waals surface area contributed by atoms with Gasteiger partial charge in [-0.15, -0.1) is 24.0 Å². The molecule has 0 radical (unpaired) electrons. The molecule has 0 amide bonds. The summed E-state index contributed by atoms with van der Waals surface area (Å²) < 4.78 is 14.4. The molecule has 0 bridgehead atoms. The molecule has 1 aromatic rings. The van der Waals surface area contributed by atoms with Gasteiger partial charge in [0.05, 0.1) is 18.3 Å². The van der Waals surface area contributed by atoms with Crippen LogP contribution in [0.25, 0.3) is 0 Å². The van der Waals surface area contributed by atoms with Crippen LogP contribution >= 0.6 is 24.0 Å². The molecule has 0 aromatic heterocycles. The van der Waals surface area contributed by atoms with Crippen molar-refractivity contribution >= 4 is 35.6 Å². The van der Waals surface area contributed by atoms with Gasteiger partial charge in [-0.25, -0.2) is 9.38 Å². The van der Waals surface area contributed by atoms with E-state index < -0.39 is 0 Å². The van der Waals surface area contributed by atoms with E-state index >= 15 is 0 Å². The fraction of sp³-hybridized carbons (Fsp3) is 0.632. The maximum atomic E-state index is 14.4. The number of hydrogen-bond donors (Lipinski definition) is 3. The number of halogens is 2. The van der Waals surface area contributed by atoms with Crippen molar-refractivity contribution in [1.82, 2.24) is 5.32 Å². The van der Waals surface area contributed by atoms with Crippen LogP contribution in [0.15, 0.2) is 23.2 Å². The van der Waals surface area contributed by atoms with Crippen molar-refractivity contribution in [3.05, 3.63) is 29.6 Å².